The van der Waals surface area contributed by atoms with Crippen molar-refractivity contribution in [2.24, 2.45) is 0 Å². The van der Waals surface area contributed by atoms with Crippen LogP contribution in [0.15, 0.2) is 18.2 Å². The van der Waals surface area contributed by atoms with Crippen LogP contribution in [0.2, 0.25) is 5.02 Å². The van der Waals surface area contributed by atoms with Gasteiger partial charge >= 0.3 is 5.97 Å². The minimum atomic E-state index is -1.56. The summed E-state index contributed by atoms with van der Waals surface area (Å²) in [5.74, 6) is 1.26. The summed E-state index contributed by atoms with van der Waals surface area (Å²) in [7, 11) is 0. The van der Waals surface area contributed by atoms with Crippen LogP contribution in [-0.2, 0) is 4.79 Å². The molecule has 0 saturated carbocycles. The molecule has 98 valence electrons. The molecule has 1 aliphatic heterocycles. The molecule has 0 aliphatic carbocycles. The Bertz CT molecular complexity index is 446. The van der Waals surface area contributed by atoms with E-state index in [0.29, 0.717) is 10.8 Å². The predicted octanol–water partition coefficient (Wildman–Crippen LogP) is 2.34. The number of halogens is 1. The highest BCUT2D eigenvalue weighted by Crippen LogP contribution is 2.31. The monoisotopic (exact) mass is 288 g/mol. The minimum Gasteiger partial charge on any atom is -0.488 e. The zero-order valence-corrected chi connectivity index (χ0v) is 11.1. The zero-order chi connectivity index (χ0) is 13.1. The Morgan fingerprint density at radius 2 is 2.33 bits per heavy atom. The smallest absolute Gasteiger partial charge is 0.337 e. The molecule has 18 heavy (non-hydrogen) atoms. The SMILES string of the molecule is O=C(O)C(O)c1ccc(OC2CCSC2)c(Cl)c1. The molecular formula is C12H13ClO4S. The van der Waals surface area contributed by atoms with Crippen molar-refractivity contribution in [1.82, 2.24) is 0 Å². The summed E-state index contributed by atoms with van der Waals surface area (Å²) in [4.78, 5) is 10.6. The number of aliphatic carboxylic acids is 1. The highest BCUT2D eigenvalue weighted by molar-refractivity contribution is 7.99. The summed E-state index contributed by atoms with van der Waals surface area (Å²) >= 11 is 7.85. The largest absolute Gasteiger partial charge is 0.488 e. The number of rotatable bonds is 4. The van der Waals surface area contributed by atoms with Crippen molar-refractivity contribution < 1.29 is 19.7 Å². The standard InChI is InChI=1S/C12H13ClO4S/c13-9-5-7(11(14)12(15)16)1-2-10(9)17-8-3-4-18-6-8/h1-2,5,8,11,14H,3-4,6H2,(H,15,16). The molecule has 1 saturated heterocycles. The van der Waals surface area contributed by atoms with Crippen LogP contribution < -0.4 is 4.74 Å². The summed E-state index contributed by atoms with van der Waals surface area (Å²) < 4.78 is 5.72. The molecule has 0 radical (unpaired) electrons. The van der Waals surface area contributed by atoms with Gasteiger partial charge in [0.25, 0.3) is 0 Å². The average Bonchev–Trinajstić information content (AvgIpc) is 2.83. The molecule has 6 heteroatoms. The maximum Gasteiger partial charge on any atom is 0.337 e. The Kier molecular flexibility index (Phi) is 4.37. The van der Waals surface area contributed by atoms with Gasteiger partial charge in [-0.1, -0.05) is 17.7 Å². The van der Waals surface area contributed by atoms with Gasteiger partial charge in [0, 0.05) is 5.75 Å². The fraction of sp³-hybridized carbons (Fsp3) is 0.417. The summed E-state index contributed by atoms with van der Waals surface area (Å²) in [5, 5.41) is 18.4. The summed E-state index contributed by atoms with van der Waals surface area (Å²) in [6, 6.07) is 4.55. The van der Waals surface area contributed by atoms with E-state index in [4.69, 9.17) is 21.4 Å². The van der Waals surface area contributed by atoms with Gasteiger partial charge in [0.05, 0.1) is 5.02 Å². The van der Waals surface area contributed by atoms with Crippen LogP contribution in [0, 0.1) is 0 Å². The van der Waals surface area contributed by atoms with Crippen molar-refractivity contribution in [2.75, 3.05) is 11.5 Å². The van der Waals surface area contributed by atoms with Crippen LogP contribution >= 0.6 is 23.4 Å². The van der Waals surface area contributed by atoms with Gasteiger partial charge in [-0.25, -0.2) is 4.79 Å². The first-order valence-electron chi connectivity index (χ1n) is 5.52. The van der Waals surface area contributed by atoms with E-state index in [1.807, 2.05) is 11.8 Å². The van der Waals surface area contributed by atoms with Crippen molar-refractivity contribution in [2.45, 2.75) is 18.6 Å². The first-order chi connectivity index (χ1) is 8.58. The molecule has 1 aromatic rings. The van der Waals surface area contributed by atoms with Crippen molar-refractivity contribution in [3.05, 3.63) is 28.8 Å². The first-order valence-corrected chi connectivity index (χ1v) is 7.06. The normalized spacial score (nSPS) is 20.7. The number of ether oxygens (including phenoxy) is 1. The molecule has 2 unspecified atom stereocenters. The lowest BCUT2D eigenvalue weighted by molar-refractivity contribution is -0.146. The Labute approximate surface area is 114 Å². The van der Waals surface area contributed by atoms with Crippen LogP contribution in [0.1, 0.15) is 18.1 Å². The van der Waals surface area contributed by atoms with Crippen molar-refractivity contribution in [1.29, 1.82) is 0 Å². The molecule has 2 N–H and O–H groups in total. The molecule has 1 fully saturated rings. The molecule has 1 aliphatic rings. The number of hydrogen-bond acceptors (Lipinski definition) is 4. The maximum atomic E-state index is 10.6. The van der Waals surface area contributed by atoms with Crippen LogP contribution in [-0.4, -0.2) is 33.8 Å². The molecule has 1 heterocycles. The van der Waals surface area contributed by atoms with Crippen molar-refractivity contribution in [3.63, 3.8) is 0 Å². The third-order valence-corrected chi connectivity index (χ3v) is 4.11. The Morgan fingerprint density at radius 1 is 1.56 bits per heavy atom. The second kappa shape index (κ2) is 5.82. The molecule has 1 aromatic carbocycles. The molecule has 0 aromatic heterocycles. The Balaban J connectivity index is 2.11. The molecule has 0 bridgehead atoms. The molecule has 4 nitrogen and oxygen atoms in total. The molecule has 2 rings (SSSR count). The van der Waals surface area contributed by atoms with E-state index in [0.717, 1.165) is 17.9 Å². The highest BCUT2D eigenvalue weighted by atomic mass is 35.5. The van der Waals surface area contributed by atoms with Gasteiger partial charge in [-0.05, 0) is 29.9 Å². The fourth-order valence-electron chi connectivity index (χ4n) is 1.71. The van der Waals surface area contributed by atoms with Crippen molar-refractivity contribution in [3.8, 4) is 5.75 Å². The van der Waals surface area contributed by atoms with E-state index >= 15 is 0 Å². The lowest BCUT2D eigenvalue weighted by atomic mass is 10.1. The van der Waals surface area contributed by atoms with Gasteiger partial charge in [0.15, 0.2) is 6.10 Å². The summed E-state index contributed by atoms with van der Waals surface area (Å²) in [6.45, 7) is 0. The fourth-order valence-corrected chi connectivity index (χ4v) is 3.04. The molecular weight excluding hydrogens is 276 g/mol. The minimum absolute atomic E-state index is 0.155. The number of carboxylic acid groups (broad SMARTS) is 1. The lowest BCUT2D eigenvalue weighted by Crippen LogP contribution is -2.15. The Hall–Kier alpha value is -0.910. The quantitative estimate of drug-likeness (QED) is 0.890. The van der Waals surface area contributed by atoms with Crippen LogP contribution in [0.3, 0.4) is 0 Å². The van der Waals surface area contributed by atoms with E-state index in [-0.39, 0.29) is 11.7 Å². The third kappa shape index (κ3) is 3.10. The van der Waals surface area contributed by atoms with Gasteiger partial charge in [-0.15, -0.1) is 0 Å². The number of benzene rings is 1. The highest BCUT2D eigenvalue weighted by Gasteiger charge is 2.20. The van der Waals surface area contributed by atoms with Crippen LogP contribution in [0.5, 0.6) is 5.75 Å². The zero-order valence-electron chi connectivity index (χ0n) is 9.51. The number of thioether (sulfide) groups is 1. The van der Waals surface area contributed by atoms with Gasteiger partial charge in [-0.2, -0.15) is 11.8 Å². The lowest BCUT2D eigenvalue weighted by Gasteiger charge is -2.15. The number of carboxylic acids is 1. The number of aliphatic hydroxyl groups is 1. The van der Waals surface area contributed by atoms with Gasteiger partial charge in [0.1, 0.15) is 11.9 Å². The number of hydrogen-bond donors (Lipinski definition) is 2. The van der Waals surface area contributed by atoms with Gasteiger partial charge in [-0.3, -0.25) is 0 Å². The Morgan fingerprint density at radius 3 is 2.89 bits per heavy atom. The van der Waals surface area contributed by atoms with Crippen molar-refractivity contribution >= 4 is 29.3 Å². The van der Waals surface area contributed by atoms with Crippen LogP contribution in [0.25, 0.3) is 0 Å². The van der Waals surface area contributed by atoms with Gasteiger partial charge in [0.2, 0.25) is 0 Å². The van der Waals surface area contributed by atoms with E-state index in [1.165, 1.54) is 12.1 Å². The topological polar surface area (TPSA) is 66.8 Å². The second-order valence-corrected chi connectivity index (χ2v) is 5.59. The van der Waals surface area contributed by atoms with Gasteiger partial charge < -0.3 is 14.9 Å². The molecule has 2 atom stereocenters. The molecule has 0 amide bonds. The third-order valence-electron chi connectivity index (χ3n) is 2.69. The summed E-state index contributed by atoms with van der Waals surface area (Å²) in [5.41, 5.74) is 0.251. The summed E-state index contributed by atoms with van der Waals surface area (Å²) in [6.07, 6.45) is -0.415. The van der Waals surface area contributed by atoms with E-state index in [2.05, 4.69) is 0 Å². The first kappa shape index (κ1) is 13.5. The van der Waals surface area contributed by atoms with E-state index in [1.54, 1.807) is 6.07 Å². The molecule has 0 spiro atoms. The average molecular weight is 289 g/mol. The van der Waals surface area contributed by atoms with E-state index < -0.39 is 12.1 Å². The number of carbonyl (C=O) groups is 1. The maximum absolute atomic E-state index is 10.6. The predicted molar refractivity (Wildman–Crippen MR) is 70.4 cm³/mol. The number of aliphatic hydroxyl groups excluding tert-OH is 1. The van der Waals surface area contributed by atoms with E-state index in [9.17, 15) is 9.90 Å². The van der Waals surface area contributed by atoms with Crippen LogP contribution in [0.4, 0.5) is 0 Å². The second-order valence-electron chi connectivity index (χ2n) is 4.03.